The fourth-order valence-corrected chi connectivity index (χ4v) is 2.71. The van der Waals surface area contributed by atoms with Crippen LogP contribution >= 0.6 is 11.3 Å². The molecule has 0 fully saturated rings. The van der Waals surface area contributed by atoms with E-state index in [1.165, 1.54) is 16.9 Å². The Balaban J connectivity index is 1.99. The molecule has 0 aliphatic heterocycles. The van der Waals surface area contributed by atoms with Crippen LogP contribution < -0.4 is 10.6 Å². The van der Waals surface area contributed by atoms with Crippen LogP contribution in [0.1, 0.15) is 5.56 Å². The van der Waals surface area contributed by atoms with Crippen LogP contribution in [0.4, 0.5) is 5.13 Å². The van der Waals surface area contributed by atoms with Gasteiger partial charge in [0.05, 0.1) is 18.9 Å². The minimum absolute atomic E-state index is 0.281. The molecule has 3 N–H and O–H groups in total. The second-order valence-electron chi connectivity index (χ2n) is 5.07. The van der Waals surface area contributed by atoms with Gasteiger partial charge in [-0.05, 0) is 6.92 Å². The van der Waals surface area contributed by atoms with Crippen LogP contribution in [0.15, 0.2) is 29.6 Å². The zero-order valence-electron chi connectivity index (χ0n) is 13.2. The van der Waals surface area contributed by atoms with Crippen molar-refractivity contribution in [1.29, 1.82) is 0 Å². The number of anilines is 1. The van der Waals surface area contributed by atoms with E-state index < -0.39 is 6.04 Å². The summed E-state index contributed by atoms with van der Waals surface area (Å²) in [6.45, 7) is 2.56. The van der Waals surface area contributed by atoms with Crippen LogP contribution in [0.5, 0.6) is 0 Å². The number of carbonyl (C=O) groups is 1. The summed E-state index contributed by atoms with van der Waals surface area (Å²) in [6, 6.07) is 7.34. The van der Waals surface area contributed by atoms with Crippen molar-refractivity contribution in [3.63, 3.8) is 0 Å². The first kappa shape index (κ1) is 17.4. The van der Waals surface area contributed by atoms with E-state index in [1.807, 2.05) is 36.6 Å². The molecule has 2 aromatic rings. The number of nitrogens with zero attached hydrogens (tertiary/aromatic N) is 1. The van der Waals surface area contributed by atoms with Gasteiger partial charge >= 0.3 is 0 Å². The van der Waals surface area contributed by atoms with Gasteiger partial charge < -0.3 is 20.5 Å². The number of ether oxygens (including phenoxy) is 1. The number of aliphatic hydroxyl groups excluding tert-OH is 1. The summed E-state index contributed by atoms with van der Waals surface area (Å²) in [7, 11) is 1.57. The summed E-state index contributed by atoms with van der Waals surface area (Å²) in [6.07, 6.45) is 0. The van der Waals surface area contributed by atoms with Gasteiger partial charge in [-0.1, -0.05) is 29.8 Å². The summed E-state index contributed by atoms with van der Waals surface area (Å²) in [5.74, 6) is -0.281. The van der Waals surface area contributed by atoms with Crippen LogP contribution in [0.3, 0.4) is 0 Å². The van der Waals surface area contributed by atoms with Crippen LogP contribution in [-0.2, 0) is 9.53 Å². The van der Waals surface area contributed by atoms with Gasteiger partial charge in [0, 0.05) is 24.6 Å². The van der Waals surface area contributed by atoms with Crippen molar-refractivity contribution in [1.82, 2.24) is 10.3 Å². The number of carbonyl (C=O) groups excluding carboxylic acids is 1. The summed E-state index contributed by atoms with van der Waals surface area (Å²) in [4.78, 5) is 16.4. The fourth-order valence-electron chi connectivity index (χ4n) is 1.94. The number of amides is 1. The first-order valence-corrected chi connectivity index (χ1v) is 8.18. The SMILES string of the molecule is COCCNC(=O)[C@H](CO)Nc1nc(-c2ccc(C)cc2)cs1. The minimum Gasteiger partial charge on any atom is -0.394 e. The molecule has 1 aromatic heterocycles. The molecule has 2 rings (SSSR count). The predicted octanol–water partition coefficient (Wildman–Crippen LogP) is 1.65. The molecule has 1 amide bonds. The summed E-state index contributed by atoms with van der Waals surface area (Å²) in [5.41, 5.74) is 3.05. The van der Waals surface area contributed by atoms with Gasteiger partial charge in [0.2, 0.25) is 5.91 Å². The Morgan fingerprint density at radius 3 is 2.78 bits per heavy atom. The highest BCUT2D eigenvalue weighted by Crippen LogP contribution is 2.25. The Labute approximate surface area is 139 Å². The topological polar surface area (TPSA) is 83.5 Å². The van der Waals surface area contributed by atoms with Crippen LogP contribution in [0, 0.1) is 6.92 Å². The first-order chi connectivity index (χ1) is 11.1. The molecule has 0 bridgehead atoms. The maximum Gasteiger partial charge on any atom is 0.245 e. The summed E-state index contributed by atoms with van der Waals surface area (Å²) >= 11 is 1.40. The number of aromatic nitrogens is 1. The molecule has 0 radical (unpaired) electrons. The van der Waals surface area contributed by atoms with Gasteiger partial charge in [0.15, 0.2) is 5.13 Å². The van der Waals surface area contributed by atoms with Crippen molar-refractivity contribution < 1.29 is 14.6 Å². The average Bonchev–Trinajstić information content (AvgIpc) is 3.02. The van der Waals surface area contributed by atoms with Crippen molar-refractivity contribution in [3.8, 4) is 11.3 Å². The molecule has 1 heterocycles. The van der Waals surface area contributed by atoms with Crippen molar-refractivity contribution in [2.45, 2.75) is 13.0 Å². The summed E-state index contributed by atoms with van der Waals surface area (Å²) in [5, 5.41) is 17.6. The maximum absolute atomic E-state index is 12.0. The van der Waals surface area contributed by atoms with Gasteiger partial charge in [-0.2, -0.15) is 0 Å². The number of hydrogen-bond donors (Lipinski definition) is 3. The van der Waals surface area contributed by atoms with Crippen molar-refractivity contribution in [2.75, 3.05) is 32.2 Å². The predicted molar refractivity (Wildman–Crippen MR) is 91.7 cm³/mol. The molecule has 0 saturated carbocycles. The monoisotopic (exact) mass is 335 g/mol. The van der Waals surface area contributed by atoms with Gasteiger partial charge in [0.25, 0.3) is 0 Å². The Kier molecular flexibility index (Phi) is 6.52. The third-order valence-electron chi connectivity index (χ3n) is 3.25. The van der Waals surface area contributed by atoms with Crippen LogP contribution in [0.25, 0.3) is 11.3 Å². The smallest absolute Gasteiger partial charge is 0.245 e. The van der Waals surface area contributed by atoms with Gasteiger partial charge in [-0.15, -0.1) is 11.3 Å². The molecule has 1 atom stereocenters. The van der Waals surface area contributed by atoms with E-state index in [2.05, 4.69) is 15.6 Å². The summed E-state index contributed by atoms with van der Waals surface area (Å²) < 4.78 is 4.88. The third-order valence-corrected chi connectivity index (χ3v) is 4.03. The van der Waals surface area contributed by atoms with Crippen molar-refractivity contribution in [3.05, 3.63) is 35.2 Å². The quantitative estimate of drug-likeness (QED) is 0.639. The number of methoxy groups -OCH3 is 1. The number of thiazole rings is 1. The molecule has 0 saturated heterocycles. The highest BCUT2D eigenvalue weighted by Gasteiger charge is 2.18. The molecule has 0 aliphatic carbocycles. The lowest BCUT2D eigenvalue weighted by Gasteiger charge is -2.15. The number of rotatable bonds is 8. The van der Waals surface area contributed by atoms with Crippen LogP contribution in [-0.4, -0.2) is 48.9 Å². The number of nitrogens with one attached hydrogen (secondary N) is 2. The van der Waals surface area contributed by atoms with Crippen molar-refractivity contribution in [2.24, 2.45) is 0 Å². The van der Waals surface area contributed by atoms with E-state index in [0.29, 0.717) is 18.3 Å². The standard InChI is InChI=1S/C16H21N3O3S/c1-11-3-5-12(6-4-11)14-10-23-16(19-14)18-13(9-20)15(21)17-7-8-22-2/h3-6,10,13,20H,7-9H2,1-2H3,(H,17,21)(H,18,19)/t13-/m0/s1. The Morgan fingerprint density at radius 1 is 1.39 bits per heavy atom. The second-order valence-corrected chi connectivity index (χ2v) is 5.93. The van der Waals surface area contributed by atoms with Gasteiger partial charge in [-0.25, -0.2) is 4.98 Å². The molecule has 6 nitrogen and oxygen atoms in total. The zero-order valence-corrected chi connectivity index (χ0v) is 14.0. The van der Waals surface area contributed by atoms with E-state index >= 15 is 0 Å². The van der Waals surface area contributed by atoms with Gasteiger partial charge in [0.1, 0.15) is 6.04 Å². The first-order valence-electron chi connectivity index (χ1n) is 7.30. The zero-order chi connectivity index (χ0) is 16.7. The number of hydrogen-bond acceptors (Lipinski definition) is 6. The lowest BCUT2D eigenvalue weighted by atomic mass is 10.1. The minimum atomic E-state index is -0.733. The molecule has 7 heteroatoms. The number of aliphatic hydroxyl groups is 1. The largest absolute Gasteiger partial charge is 0.394 e. The van der Waals surface area contributed by atoms with E-state index in [-0.39, 0.29) is 12.5 Å². The molecule has 124 valence electrons. The number of benzene rings is 1. The Bertz CT molecular complexity index is 628. The van der Waals surface area contributed by atoms with Crippen LogP contribution in [0.2, 0.25) is 0 Å². The lowest BCUT2D eigenvalue weighted by Crippen LogP contribution is -2.43. The van der Waals surface area contributed by atoms with E-state index in [9.17, 15) is 9.90 Å². The molecule has 1 aromatic carbocycles. The van der Waals surface area contributed by atoms with Crippen molar-refractivity contribution >= 4 is 22.4 Å². The molecule has 0 unspecified atom stereocenters. The Morgan fingerprint density at radius 2 is 2.13 bits per heavy atom. The molecule has 23 heavy (non-hydrogen) atoms. The third kappa shape index (κ3) is 5.02. The normalized spacial score (nSPS) is 12.0. The molecular formula is C16H21N3O3S. The number of aryl methyl sites for hydroxylation is 1. The van der Waals surface area contributed by atoms with E-state index in [4.69, 9.17) is 4.74 Å². The fraction of sp³-hybridized carbons (Fsp3) is 0.375. The maximum atomic E-state index is 12.0. The molecule has 0 aliphatic rings. The molecular weight excluding hydrogens is 314 g/mol. The average molecular weight is 335 g/mol. The highest BCUT2D eigenvalue weighted by atomic mass is 32.1. The molecule has 0 spiro atoms. The Hall–Kier alpha value is -1.96. The van der Waals surface area contributed by atoms with E-state index in [1.54, 1.807) is 7.11 Å². The lowest BCUT2D eigenvalue weighted by molar-refractivity contribution is -0.122. The highest BCUT2D eigenvalue weighted by molar-refractivity contribution is 7.14. The second kappa shape index (κ2) is 8.61. The van der Waals surface area contributed by atoms with E-state index in [0.717, 1.165) is 11.3 Å². The van der Waals surface area contributed by atoms with Gasteiger partial charge in [-0.3, -0.25) is 4.79 Å².